The highest BCUT2D eigenvalue weighted by Crippen LogP contribution is 2.41. The van der Waals surface area contributed by atoms with E-state index in [4.69, 9.17) is 14.9 Å². The van der Waals surface area contributed by atoms with Crippen molar-refractivity contribution < 1.29 is 28.6 Å². The van der Waals surface area contributed by atoms with E-state index in [0.29, 0.717) is 32.7 Å². The van der Waals surface area contributed by atoms with Gasteiger partial charge in [-0.1, -0.05) is 12.1 Å². The normalized spacial score (nSPS) is 15.9. The lowest BCUT2D eigenvalue weighted by molar-refractivity contribution is -0.130. The quantitative estimate of drug-likeness (QED) is 0.486. The third-order valence-electron chi connectivity index (χ3n) is 5.14. The van der Waals surface area contributed by atoms with Gasteiger partial charge in [-0.3, -0.25) is 14.4 Å². The van der Waals surface area contributed by atoms with Crippen molar-refractivity contribution in [1.82, 2.24) is 9.88 Å². The maximum absolute atomic E-state index is 13.5. The number of furan rings is 1. The lowest BCUT2D eigenvalue weighted by atomic mass is 9.95. The fourth-order valence-electron chi connectivity index (χ4n) is 3.73. The largest absolute Gasteiger partial charge is 0.503 e. The molecule has 1 atom stereocenters. The number of Topliss-reactive ketones (excluding diaryl/α,β-unsaturated/α-hetero) is 1. The number of aliphatic hydroxyl groups is 1. The third-order valence-corrected chi connectivity index (χ3v) is 6.21. The van der Waals surface area contributed by atoms with Crippen LogP contribution in [-0.2, 0) is 16.1 Å². The molecule has 9 nitrogen and oxygen atoms in total. The Balaban J connectivity index is 1.74. The van der Waals surface area contributed by atoms with Crippen LogP contribution < -0.4 is 10.5 Å². The zero-order valence-electron chi connectivity index (χ0n) is 17.9. The van der Waals surface area contributed by atoms with Gasteiger partial charge in [-0.25, -0.2) is 4.98 Å². The van der Waals surface area contributed by atoms with Crippen LogP contribution in [0.5, 0.6) is 5.75 Å². The highest BCUT2D eigenvalue weighted by Gasteiger charge is 2.44. The summed E-state index contributed by atoms with van der Waals surface area (Å²) < 4.78 is 10.7. The molecule has 2 aromatic heterocycles. The molecule has 3 aromatic rings. The number of aliphatic hydroxyl groups excluding tert-OH is 1. The van der Waals surface area contributed by atoms with Crippen LogP contribution in [0.25, 0.3) is 0 Å². The molecule has 0 aliphatic carbocycles. The van der Waals surface area contributed by atoms with Gasteiger partial charge >= 0.3 is 0 Å². The topological polar surface area (TPSA) is 136 Å². The molecule has 2 amide bonds. The number of hydrogen-bond acceptors (Lipinski definition) is 8. The summed E-state index contributed by atoms with van der Waals surface area (Å²) in [5.41, 5.74) is 6.20. The molecular formula is C23H21N3O6S. The summed E-state index contributed by atoms with van der Waals surface area (Å²) in [6.45, 7) is 3.28. The zero-order chi connectivity index (χ0) is 23.7. The summed E-state index contributed by atoms with van der Waals surface area (Å²) in [4.78, 5) is 43.5. The molecule has 1 aliphatic rings. The summed E-state index contributed by atoms with van der Waals surface area (Å²) >= 11 is 1.21. The first kappa shape index (κ1) is 22.3. The van der Waals surface area contributed by atoms with Crippen molar-refractivity contribution in [3.05, 3.63) is 80.9 Å². The molecule has 1 unspecified atom stereocenters. The number of nitrogens with zero attached hydrogens (tertiary/aromatic N) is 2. The number of thiazole rings is 1. The Morgan fingerprint density at radius 1 is 1.24 bits per heavy atom. The van der Waals surface area contributed by atoms with Crippen molar-refractivity contribution in [3.63, 3.8) is 0 Å². The van der Waals surface area contributed by atoms with Crippen molar-refractivity contribution in [2.24, 2.45) is 5.73 Å². The SMILES string of the molecule is Cc1nc(C)c(C(=O)C2=C(O)C(=O)N(Cc3ccco3)C2c2ccc(OCC(N)=O)cc2)s1. The second-order valence-corrected chi connectivity index (χ2v) is 8.68. The first-order chi connectivity index (χ1) is 15.8. The summed E-state index contributed by atoms with van der Waals surface area (Å²) in [6, 6.07) is 9.08. The molecule has 3 N–H and O–H groups in total. The van der Waals surface area contributed by atoms with E-state index in [1.54, 1.807) is 50.2 Å². The molecule has 0 fully saturated rings. The molecule has 3 heterocycles. The van der Waals surface area contributed by atoms with Gasteiger partial charge in [0.2, 0.25) is 5.78 Å². The average molecular weight is 468 g/mol. The van der Waals surface area contributed by atoms with E-state index in [0.717, 1.165) is 0 Å². The average Bonchev–Trinajstić information content (AvgIpc) is 3.47. The molecule has 0 saturated heterocycles. The van der Waals surface area contributed by atoms with Crippen molar-refractivity contribution in [1.29, 1.82) is 0 Å². The first-order valence-electron chi connectivity index (χ1n) is 10.0. The molecule has 1 aromatic carbocycles. The molecule has 0 spiro atoms. The highest BCUT2D eigenvalue weighted by molar-refractivity contribution is 7.14. The zero-order valence-corrected chi connectivity index (χ0v) is 18.7. The monoisotopic (exact) mass is 467 g/mol. The van der Waals surface area contributed by atoms with Gasteiger partial charge < -0.3 is 24.9 Å². The van der Waals surface area contributed by atoms with E-state index in [9.17, 15) is 19.5 Å². The van der Waals surface area contributed by atoms with Gasteiger partial charge in [-0.2, -0.15) is 0 Å². The van der Waals surface area contributed by atoms with E-state index in [2.05, 4.69) is 4.98 Å². The van der Waals surface area contributed by atoms with E-state index < -0.39 is 29.4 Å². The second-order valence-electron chi connectivity index (χ2n) is 7.48. The van der Waals surface area contributed by atoms with Crippen LogP contribution in [0.3, 0.4) is 0 Å². The van der Waals surface area contributed by atoms with E-state index >= 15 is 0 Å². The summed E-state index contributed by atoms with van der Waals surface area (Å²) in [6.07, 6.45) is 1.48. The first-order valence-corrected chi connectivity index (χ1v) is 10.8. The fourth-order valence-corrected chi connectivity index (χ4v) is 4.60. The van der Waals surface area contributed by atoms with Crippen LogP contribution in [0.15, 0.2) is 58.4 Å². The van der Waals surface area contributed by atoms with Gasteiger partial charge in [-0.05, 0) is 43.7 Å². The van der Waals surface area contributed by atoms with Crippen LogP contribution in [0.4, 0.5) is 0 Å². The molecule has 10 heteroatoms. The van der Waals surface area contributed by atoms with Crippen molar-refractivity contribution in [3.8, 4) is 5.75 Å². The van der Waals surface area contributed by atoms with Crippen LogP contribution in [0, 0.1) is 13.8 Å². The number of carbonyl (C=O) groups is 3. The minimum atomic E-state index is -0.859. The molecule has 0 bridgehead atoms. The number of primary amides is 1. The summed E-state index contributed by atoms with van der Waals surface area (Å²) in [7, 11) is 0. The maximum Gasteiger partial charge on any atom is 0.290 e. The number of ether oxygens (including phenoxy) is 1. The number of benzene rings is 1. The number of hydrogen-bond donors (Lipinski definition) is 2. The summed E-state index contributed by atoms with van der Waals surface area (Å²) in [5, 5.41) is 11.5. The molecule has 0 radical (unpaired) electrons. The molecule has 33 heavy (non-hydrogen) atoms. The number of aryl methyl sites for hydroxylation is 2. The number of aromatic nitrogens is 1. The summed E-state index contributed by atoms with van der Waals surface area (Å²) in [5.74, 6) is -1.44. The number of amides is 2. The van der Waals surface area contributed by atoms with Crippen LogP contribution >= 0.6 is 11.3 Å². The van der Waals surface area contributed by atoms with Crippen LogP contribution in [0.2, 0.25) is 0 Å². The van der Waals surface area contributed by atoms with Crippen molar-refractivity contribution in [2.75, 3.05) is 6.61 Å². The Hall–Kier alpha value is -3.92. The Labute approximate surface area is 193 Å². The van der Waals surface area contributed by atoms with Crippen LogP contribution in [0.1, 0.15) is 37.7 Å². The van der Waals surface area contributed by atoms with Gasteiger partial charge in [-0.15, -0.1) is 11.3 Å². The lowest BCUT2D eigenvalue weighted by Gasteiger charge is -2.26. The standard InChI is InChI=1S/C23H21N3O6S/c1-12-22(33-13(2)25-12)20(28)18-19(14-5-7-15(8-6-14)32-11-17(24)27)26(23(30)21(18)29)10-16-4-3-9-31-16/h3-9,19,29H,10-11H2,1-2H3,(H2,24,27). The minimum absolute atomic E-state index is 0.0240. The van der Waals surface area contributed by atoms with Gasteiger partial charge in [0, 0.05) is 0 Å². The van der Waals surface area contributed by atoms with Gasteiger partial charge in [0.05, 0.1) is 40.0 Å². The Kier molecular flexibility index (Phi) is 6.01. The molecule has 4 rings (SSSR count). The van der Waals surface area contributed by atoms with Crippen molar-refractivity contribution in [2.45, 2.75) is 26.4 Å². The number of rotatable bonds is 8. The second kappa shape index (κ2) is 8.91. The molecule has 1 aliphatic heterocycles. The minimum Gasteiger partial charge on any atom is -0.503 e. The Bertz CT molecular complexity index is 1240. The van der Waals surface area contributed by atoms with Crippen molar-refractivity contribution >= 4 is 28.9 Å². The predicted molar refractivity (Wildman–Crippen MR) is 119 cm³/mol. The molecular weight excluding hydrogens is 446 g/mol. The number of carbonyl (C=O) groups excluding carboxylic acids is 3. The maximum atomic E-state index is 13.5. The smallest absolute Gasteiger partial charge is 0.290 e. The van der Waals surface area contributed by atoms with Gasteiger partial charge in [0.1, 0.15) is 11.5 Å². The number of nitrogens with two attached hydrogens (primary N) is 1. The Morgan fingerprint density at radius 2 is 1.97 bits per heavy atom. The fraction of sp³-hybridized carbons (Fsp3) is 0.217. The van der Waals surface area contributed by atoms with E-state index in [-0.39, 0.29) is 18.7 Å². The third kappa shape index (κ3) is 4.37. The van der Waals surface area contributed by atoms with E-state index in [1.165, 1.54) is 22.5 Å². The molecule has 170 valence electrons. The van der Waals surface area contributed by atoms with Crippen LogP contribution in [-0.4, -0.2) is 39.2 Å². The Morgan fingerprint density at radius 3 is 2.55 bits per heavy atom. The highest BCUT2D eigenvalue weighted by atomic mass is 32.1. The van der Waals surface area contributed by atoms with Gasteiger partial charge in [0.15, 0.2) is 12.4 Å². The lowest BCUT2D eigenvalue weighted by Crippen LogP contribution is -2.30. The molecule has 0 saturated carbocycles. The predicted octanol–water partition coefficient (Wildman–Crippen LogP) is 3.00. The van der Waals surface area contributed by atoms with Gasteiger partial charge in [0.25, 0.3) is 11.8 Å². The number of ketones is 1. The van der Waals surface area contributed by atoms with E-state index in [1.807, 2.05) is 0 Å².